The number of benzene rings is 1. The van der Waals surface area contributed by atoms with Crippen molar-refractivity contribution in [2.75, 3.05) is 19.7 Å². The fourth-order valence-corrected chi connectivity index (χ4v) is 1.85. The third kappa shape index (κ3) is 2.92. The van der Waals surface area contributed by atoms with Gasteiger partial charge in [0.05, 0.1) is 6.61 Å². The van der Waals surface area contributed by atoms with Crippen molar-refractivity contribution in [3.05, 3.63) is 29.8 Å². The highest BCUT2D eigenvalue weighted by Crippen LogP contribution is 2.17. The van der Waals surface area contributed by atoms with E-state index in [-0.39, 0.29) is 0 Å². The van der Waals surface area contributed by atoms with Crippen molar-refractivity contribution in [1.29, 1.82) is 0 Å². The number of hydrogen-bond acceptors (Lipinski definition) is 2. The normalized spacial score (nSPS) is 20.8. The van der Waals surface area contributed by atoms with Crippen LogP contribution in [-0.4, -0.2) is 19.7 Å². The van der Waals surface area contributed by atoms with Gasteiger partial charge in [-0.2, -0.15) is 0 Å². The Morgan fingerprint density at radius 2 is 2.19 bits per heavy atom. The van der Waals surface area contributed by atoms with Crippen molar-refractivity contribution in [3.8, 4) is 5.75 Å². The van der Waals surface area contributed by atoms with Gasteiger partial charge in [-0.3, -0.25) is 0 Å². The molecule has 1 aromatic rings. The molecule has 2 rings (SSSR count). The molecule has 1 aliphatic rings. The van der Waals surface area contributed by atoms with Gasteiger partial charge in [-0.15, -0.1) is 0 Å². The molecule has 0 radical (unpaired) electrons. The first-order chi connectivity index (χ1) is 7.75. The van der Waals surface area contributed by atoms with Gasteiger partial charge in [-0.25, -0.2) is 8.78 Å². The summed E-state index contributed by atoms with van der Waals surface area (Å²) in [6, 6.07) is 3.63. The van der Waals surface area contributed by atoms with E-state index in [1.54, 1.807) is 0 Å². The Balaban J connectivity index is 1.86. The minimum atomic E-state index is -0.862. The van der Waals surface area contributed by atoms with E-state index >= 15 is 0 Å². The Kier molecular flexibility index (Phi) is 3.72. The Morgan fingerprint density at radius 3 is 2.88 bits per heavy atom. The molecule has 4 heteroatoms. The molecule has 0 amide bonds. The summed E-state index contributed by atoms with van der Waals surface area (Å²) >= 11 is 0. The molecule has 1 saturated heterocycles. The van der Waals surface area contributed by atoms with Crippen LogP contribution in [0.3, 0.4) is 0 Å². The summed E-state index contributed by atoms with van der Waals surface area (Å²) in [7, 11) is 0. The molecule has 1 atom stereocenters. The maximum Gasteiger partial charge on any atom is 0.162 e. The van der Waals surface area contributed by atoms with Crippen LogP contribution in [0.4, 0.5) is 8.78 Å². The average molecular weight is 227 g/mol. The monoisotopic (exact) mass is 227 g/mol. The van der Waals surface area contributed by atoms with Crippen LogP contribution in [0.5, 0.6) is 5.75 Å². The second-order valence-electron chi connectivity index (χ2n) is 4.10. The van der Waals surface area contributed by atoms with E-state index in [1.807, 2.05) is 0 Å². The highest BCUT2D eigenvalue weighted by molar-refractivity contribution is 5.23. The maximum atomic E-state index is 12.9. The molecular formula is C12H15F2NO. The number of halogens is 2. The summed E-state index contributed by atoms with van der Waals surface area (Å²) in [6.45, 7) is 2.55. The molecule has 0 aromatic heterocycles. The summed E-state index contributed by atoms with van der Waals surface area (Å²) in [5, 5.41) is 3.28. The Bertz CT molecular complexity index is 351. The maximum absolute atomic E-state index is 12.9. The fourth-order valence-electron chi connectivity index (χ4n) is 1.85. The average Bonchev–Trinajstić information content (AvgIpc) is 2.32. The molecule has 0 aliphatic carbocycles. The second-order valence-corrected chi connectivity index (χ2v) is 4.10. The smallest absolute Gasteiger partial charge is 0.162 e. The van der Waals surface area contributed by atoms with Crippen molar-refractivity contribution < 1.29 is 13.5 Å². The van der Waals surface area contributed by atoms with Gasteiger partial charge in [0.15, 0.2) is 11.6 Å². The first-order valence-corrected chi connectivity index (χ1v) is 5.54. The summed E-state index contributed by atoms with van der Waals surface area (Å²) < 4.78 is 31.0. The van der Waals surface area contributed by atoms with Gasteiger partial charge < -0.3 is 10.1 Å². The lowest BCUT2D eigenvalue weighted by Crippen LogP contribution is -2.33. The summed E-state index contributed by atoms with van der Waals surface area (Å²) in [4.78, 5) is 0. The standard InChI is InChI=1S/C12H15F2NO/c13-11-4-3-10(6-12(11)14)16-8-9-2-1-5-15-7-9/h3-4,6,9,15H,1-2,5,7-8H2/t9-/m0/s1. The minimum absolute atomic E-state index is 0.393. The van der Waals surface area contributed by atoms with Crippen molar-refractivity contribution >= 4 is 0 Å². The van der Waals surface area contributed by atoms with Crippen LogP contribution in [0.25, 0.3) is 0 Å². The van der Waals surface area contributed by atoms with Crippen molar-refractivity contribution in [2.45, 2.75) is 12.8 Å². The van der Waals surface area contributed by atoms with Gasteiger partial charge in [-0.05, 0) is 31.5 Å². The van der Waals surface area contributed by atoms with Crippen LogP contribution in [0, 0.1) is 17.6 Å². The number of ether oxygens (including phenoxy) is 1. The van der Waals surface area contributed by atoms with Crippen molar-refractivity contribution in [3.63, 3.8) is 0 Å². The van der Waals surface area contributed by atoms with E-state index in [1.165, 1.54) is 6.07 Å². The fraction of sp³-hybridized carbons (Fsp3) is 0.500. The molecule has 1 aromatic carbocycles. The SMILES string of the molecule is Fc1ccc(OC[C@H]2CCCNC2)cc1F. The Hall–Kier alpha value is -1.16. The Labute approximate surface area is 93.6 Å². The van der Waals surface area contributed by atoms with Crippen molar-refractivity contribution in [2.24, 2.45) is 5.92 Å². The molecule has 0 unspecified atom stereocenters. The first-order valence-electron chi connectivity index (χ1n) is 5.54. The molecule has 1 fully saturated rings. The number of piperidine rings is 1. The molecular weight excluding hydrogens is 212 g/mol. The lowest BCUT2D eigenvalue weighted by molar-refractivity contribution is 0.217. The van der Waals surface area contributed by atoms with E-state index in [4.69, 9.17) is 4.74 Å². The molecule has 16 heavy (non-hydrogen) atoms. The number of nitrogens with one attached hydrogen (secondary N) is 1. The molecule has 88 valence electrons. The van der Waals surface area contributed by atoms with Gasteiger partial charge in [-0.1, -0.05) is 0 Å². The van der Waals surface area contributed by atoms with Gasteiger partial charge in [0.25, 0.3) is 0 Å². The summed E-state index contributed by atoms with van der Waals surface area (Å²) in [5.41, 5.74) is 0. The van der Waals surface area contributed by atoms with E-state index in [0.717, 1.165) is 38.1 Å². The molecule has 0 spiro atoms. The lowest BCUT2D eigenvalue weighted by Gasteiger charge is -2.22. The number of hydrogen-bond donors (Lipinski definition) is 1. The number of rotatable bonds is 3. The van der Waals surface area contributed by atoms with Crippen LogP contribution < -0.4 is 10.1 Å². The molecule has 1 heterocycles. The summed E-state index contributed by atoms with van der Waals surface area (Å²) in [5.74, 6) is -0.850. The van der Waals surface area contributed by atoms with Crippen LogP contribution in [0.15, 0.2) is 18.2 Å². The summed E-state index contributed by atoms with van der Waals surface area (Å²) in [6.07, 6.45) is 2.27. The highest BCUT2D eigenvalue weighted by atomic mass is 19.2. The van der Waals surface area contributed by atoms with Crippen molar-refractivity contribution in [1.82, 2.24) is 5.32 Å². The molecule has 2 nitrogen and oxygen atoms in total. The predicted molar refractivity (Wildman–Crippen MR) is 57.4 cm³/mol. The van der Waals surface area contributed by atoms with E-state index in [2.05, 4.69) is 5.32 Å². The van der Waals surface area contributed by atoms with Crippen LogP contribution >= 0.6 is 0 Å². The first kappa shape index (κ1) is 11.3. The quantitative estimate of drug-likeness (QED) is 0.855. The molecule has 1 aliphatic heterocycles. The largest absolute Gasteiger partial charge is 0.493 e. The van der Waals surface area contributed by atoms with Crippen LogP contribution in [0.1, 0.15) is 12.8 Å². The third-order valence-corrected chi connectivity index (χ3v) is 2.78. The predicted octanol–water partition coefficient (Wildman–Crippen LogP) is 2.34. The second kappa shape index (κ2) is 5.25. The molecule has 0 bridgehead atoms. The van der Waals surface area contributed by atoms with Gasteiger partial charge >= 0.3 is 0 Å². The zero-order valence-electron chi connectivity index (χ0n) is 9.01. The van der Waals surface area contributed by atoms with Crippen LogP contribution in [-0.2, 0) is 0 Å². The Morgan fingerprint density at radius 1 is 1.31 bits per heavy atom. The van der Waals surface area contributed by atoms with Gasteiger partial charge in [0.1, 0.15) is 5.75 Å². The molecule has 0 saturated carbocycles. The third-order valence-electron chi connectivity index (χ3n) is 2.78. The van der Waals surface area contributed by atoms with E-state index < -0.39 is 11.6 Å². The zero-order chi connectivity index (χ0) is 11.4. The lowest BCUT2D eigenvalue weighted by atomic mass is 10.0. The zero-order valence-corrected chi connectivity index (χ0v) is 9.01. The van der Waals surface area contributed by atoms with E-state index in [0.29, 0.717) is 18.3 Å². The topological polar surface area (TPSA) is 21.3 Å². The van der Waals surface area contributed by atoms with Gasteiger partial charge in [0.2, 0.25) is 0 Å². The van der Waals surface area contributed by atoms with Gasteiger partial charge in [0, 0.05) is 18.5 Å². The molecule has 1 N–H and O–H groups in total. The highest BCUT2D eigenvalue weighted by Gasteiger charge is 2.13. The van der Waals surface area contributed by atoms with E-state index in [9.17, 15) is 8.78 Å². The minimum Gasteiger partial charge on any atom is -0.493 e. The van der Waals surface area contributed by atoms with Crippen LogP contribution in [0.2, 0.25) is 0 Å².